The highest BCUT2D eigenvalue weighted by molar-refractivity contribution is 7.14. The van der Waals surface area contributed by atoms with E-state index in [0.717, 1.165) is 6.42 Å². The average Bonchev–Trinajstić information content (AvgIpc) is 3.19. The molecule has 2 aromatic carbocycles. The zero-order valence-electron chi connectivity index (χ0n) is 16.2. The molecule has 152 valence electrons. The van der Waals surface area contributed by atoms with Crippen molar-refractivity contribution in [3.05, 3.63) is 65.3 Å². The maximum atomic E-state index is 13.8. The van der Waals surface area contributed by atoms with Gasteiger partial charge in [0.05, 0.1) is 19.4 Å². The van der Waals surface area contributed by atoms with Crippen LogP contribution in [0.4, 0.5) is 9.52 Å². The highest BCUT2D eigenvalue weighted by atomic mass is 32.1. The van der Waals surface area contributed by atoms with E-state index < -0.39 is 5.82 Å². The molecule has 1 amide bonds. The lowest BCUT2D eigenvalue weighted by Crippen LogP contribution is -2.12. The van der Waals surface area contributed by atoms with Crippen molar-refractivity contribution in [1.29, 1.82) is 0 Å². The number of anilines is 1. The summed E-state index contributed by atoms with van der Waals surface area (Å²) in [6.07, 6.45) is 1.86. The van der Waals surface area contributed by atoms with Crippen LogP contribution in [0.25, 0.3) is 11.3 Å². The first-order valence-corrected chi connectivity index (χ1v) is 10.2. The maximum absolute atomic E-state index is 13.8. The second kappa shape index (κ2) is 10.7. The minimum atomic E-state index is -0.448. The first kappa shape index (κ1) is 21.0. The van der Waals surface area contributed by atoms with Crippen LogP contribution in [0.1, 0.15) is 18.4 Å². The van der Waals surface area contributed by atoms with Crippen LogP contribution in [0.5, 0.6) is 5.75 Å². The van der Waals surface area contributed by atoms with Crippen LogP contribution < -0.4 is 10.1 Å². The number of carbonyl (C=O) groups is 1. The molecule has 0 saturated heterocycles. The van der Waals surface area contributed by atoms with Crippen molar-refractivity contribution in [1.82, 2.24) is 4.98 Å². The van der Waals surface area contributed by atoms with Crippen LogP contribution in [0.3, 0.4) is 0 Å². The number of nitrogens with zero attached hydrogens (tertiary/aromatic N) is 1. The van der Waals surface area contributed by atoms with Gasteiger partial charge in [-0.05, 0) is 36.6 Å². The molecule has 5 nitrogen and oxygen atoms in total. The van der Waals surface area contributed by atoms with E-state index in [4.69, 9.17) is 9.47 Å². The van der Waals surface area contributed by atoms with Crippen LogP contribution >= 0.6 is 11.3 Å². The lowest BCUT2D eigenvalue weighted by molar-refractivity contribution is -0.116. The number of hydrogen-bond acceptors (Lipinski definition) is 5. The molecule has 0 radical (unpaired) electrons. The fraction of sp³-hybridized carbons (Fsp3) is 0.273. The van der Waals surface area contributed by atoms with E-state index in [1.165, 1.54) is 30.1 Å². The molecule has 3 aromatic rings. The highest BCUT2D eigenvalue weighted by Crippen LogP contribution is 2.28. The van der Waals surface area contributed by atoms with Crippen molar-refractivity contribution >= 4 is 22.4 Å². The third-order valence-electron chi connectivity index (χ3n) is 4.27. The summed E-state index contributed by atoms with van der Waals surface area (Å²) in [5, 5.41) is 5.05. The molecule has 1 heterocycles. The van der Waals surface area contributed by atoms with Gasteiger partial charge in [-0.2, -0.15) is 0 Å². The molecule has 3 rings (SSSR count). The molecule has 0 atom stereocenters. The van der Waals surface area contributed by atoms with Crippen molar-refractivity contribution in [2.24, 2.45) is 0 Å². The molecule has 0 unspecified atom stereocenters. The predicted molar refractivity (Wildman–Crippen MR) is 113 cm³/mol. The summed E-state index contributed by atoms with van der Waals surface area (Å²) in [6, 6.07) is 14.8. The van der Waals surface area contributed by atoms with E-state index in [1.807, 2.05) is 18.2 Å². The summed E-state index contributed by atoms with van der Waals surface area (Å²) >= 11 is 1.31. The van der Waals surface area contributed by atoms with Crippen molar-refractivity contribution in [3.63, 3.8) is 0 Å². The Hall–Kier alpha value is -2.77. The Morgan fingerprint density at radius 1 is 1.17 bits per heavy atom. The number of ether oxygens (including phenoxy) is 2. The zero-order chi connectivity index (χ0) is 20.5. The third-order valence-corrected chi connectivity index (χ3v) is 5.03. The Labute approximate surface area is 173 Å². The van der Waals surface area contributed by atoms with Gasteiger partial charge in [0, 0.05) is 24.0 Å². The normalized spacial score (nSPS) is 10.7. The van der Waals surface area contributed by atoms with Crippen molar-refractivity contribution < 1.29 is 18.7 Å². The maximum Gasteiger partial charge on any atom is 0.226 e. The fourth-order valence-electron chi connectivity index (χ4n) is 2.74. The average molecular weight is 415 g/mol. The van der Waals surface area contributed by atoms with Gasteiger partial charge in [-0.15, -0.1) is 11.3 Å². The zero-order valence-corrected chi connectivity index (χ0v) is 17.0. The van der Waals surface area contributed by atoms with Crippen LogP contribution in [0, 0.1) is 5.82 Å². The molecular weight excluding hydrogens is 391 g/mol. The fourth-order valence-corrected chi connectivity index (χ4v) is 3.48. The number of amides is 1. The number of methoxy groups -OCH3 is 1. The number of rotatable bonds is 10. The third kappa shape index (κ3) is 6.37. The molecule has 0 aliphatic rings. The van der Waals surface area contributed by atoms with Crippen LogP contribution in [-0.2, 0) is 16.0 Å². The van der Waals surface area contributed by atoms with Gasteiger partial charge in [0.25, 0.3) is 0 Å². The molecular formula is C22H23FN2O3S. The lowest BCUT2D eigenvalue weighted by atomic mass is 10.1. The topological polar surface area (TPSA) is 60.5 Å². The molecule has 7 heteroatoms. The molecule has 1 N–H and O–H groups in total. The SMILES string of the molecule is COc1ccc(-c2csc(NC(=O)CCCOCCc3ccccc3)n2)cc1F. The number of halogens is 1. The van der Waals surface area contributed by atoms with Gasteiger partial charge in [-0.1, -0.05) is 30.3 Å². The smallest absolute Gasteiger partial charge is 0.226 e. The largest absolute Gasteiger partial charge is 0.494 e. The lowest BCUT2D eigenvalue weighted by Gasteiger charge is -2.05. The number of aromatic nitrogens is 1. The van der Waals surface area contributed by atoms with Crippen molar-refractivity contribution in [2.75, 3.05) is 25.6 Å². The van der Waals surface area contributed by atoms with Gasteiger partial charge < -0.3 is 14.8 Å². The molecule has 1 aromatic heterocycles. The standard InChI is InChI=1S/C22H23FN2O3S/c1-27-20-10-9-17(14-18(20)23)19-15-29-22(24-19)25-21(26)8-5-12-28-13-11-16-6-3-2-4-7-16/h2-4,6-7,9-10,14-15H,5,8,11-13H2,1H3,(H,24,25,26). The molecule has 0 aliphatic heterocycles. The second-order valence-corrected chi connectivity index (χ2v) is 7.25. The predicted octanol–water partition coefficient (Wildman–Crippen LogP) is 4.94. The minimum Gasteiger partial charge on any atom is -0.494 e. The minimum absolute atomic E-state index is 0.113. The van der Waals surface area contributed by atoms with Gasteiger partial charge in [-0.3, -0.25) is 4.79 Å². The van der Waals surface area contributed by atoms with Gasteiger partial charge in [0.2, 0.25) is 5.91 Å². The molecule has 0 aliphatic carbocycles. The quantitative estimate of drug-likeness (QED) is 0.478. The Morgan fingerprint density at radius 3 is 2.76 bits per heavy atom. The monoisotopic (exact) mass is 414 g/mol. The number of hydrogen-bond donors (Lipinski definition) is 1. The van der Waals surface area contributed by atoms with Gasteiger partial charge in [0.15, 0.2) is 16.7 Å². The Morgan fingerprint density at radius 2 is 2.00 bits per heavy atom. The molecule has 0 fully saturated rings. The highest BCUT2D eigenvalue weighted by Gasteiger charge is 2.10. The number of thiazole rings is 1. The molecule has 29 heavy (non-hydrogen) atoms. The first-order valence-electron chi connectivity index (χ1n) is 9.36. The van der Waals surface area contributed by atoms with E-state index >= 15 is 0 Å². The van der Waals surface area contributed by atoms with Crippen LogP contribution in [-0.4, -0.2) is 31.2 Å². The summed E-state index contributed by atoms with van der Waals surface area (Å²) in [7, 11) is 1.42. The van der Waals surface area contributed by atoms with Gasteiger partial charge >= 0.3 is 0 Å². The number of carbonyl (C=O) groups excluding carboxylic acids is 1. The van der Waals surface area contributed by atoms with Crippen molar-refractivity contribution in [3.8, 4) is 17.0 Å². The summed E-state index contributed by atoms with van der Waals surface area (Å²) < 4.78 is 24.4. The molecule has 0 spiro atoms. The Balaban J connectivity index is 1.38. The first-order chi connectivity index (χ1) is 14.2. The van der Waals surface area contributed by atoms with E-state index in [2.05, 4.69) is 22.4 Å². The number of benzene rings is 2. The van der Waals surface area contributed by atoms with Crippen molar-refractivity contribution in [2.45, 2.75) is 19.3 Å². The van der Waals surface area contributed by atoms with E-state index in [1.54, 1.807) is 17.5 Å². The summed E-state index contributed by atoms with van der Waals surface area (Å²) in [5.41, 5.74) is 2.48. The molecule has 0 bridgehead atoms. The Bertz CT molecular complexity index is 931. The van der Waals surface area contributed by atoms with E-state index in [9.17, 15) is 9.18 Å². The second-order valence-electron chi connectivity index (χ2n) is 6.39. The van der Waals surface area contributed by atoms with Gasteiger partial charge in [0.1, 0.15) is 0 Å². The van der Waals surface area contributed by atoms with Gasteiger partial charge in [-0.25, -0.2) is 9.37 Å². The van der Waals surface area contributed by atoms with Crippen LogP contribution in [0.15, 0.2) is 53.9 Å². The Kier molecular flexibility index (Phi) is 7.72. The number of nitrogens with one attached hydrogen (secondary N) is 1. The summed E-state index contributed by atoms with van der Waals surface area (Å²) in [6.45, 7) is 1.17. The van der Waals surface area contributed by atoms with E-state index in [0.29, 0.717) is 42.4 Å². The van der Waals surface area contributed by atoms with Crippen LogP contribution in [0.2, 0.25) is 0 Å². The summed E-state index contributed by atoms with van der Waals surface area (Å²) in [4.78, 5) is 16.4. The van der Waals surface area contributed by atoms with E-state index in [-0.39, 0.29) is 11.7 Å². The molecule has 0 saturated carbocycles. The summed E-state index contributed by atoms with van der Waals surface area (Å²) in [5.74, 6) is -0.377.